The summed E-state index contributed by atoms with van der Waals surface area (Å²) in [7, 11) is 1.97. The smallest absolute Gasteiger partial charge is 0.0201 e. The lowest BCUT2D eigenvalue weighted by atomic mass is 9.93. The molecule has 0 saturated heterocycles. The van der Waals surface area contributed by atoms with Gasteiger partial charge in [-0.2, -0.15) is 0 Å². The Morgan fingerprint density at radius 2 is 2.15 bits per heavy atom. The molecular weight excluding hydrogens is 158 g/mol. The van der Waals surface area contributed by atoms with Gasteiger partial charge in [-0.15, -0.1) is 0 Å². The average Bonchev–Trinajstić information content (AvgIpc) is 2.13. The first-order chi connectivity index (χ1) is 6.17. The Morgan fingerprint density at radius 3 is 2.54 bits per heavy atom. The summed E-state index contributed by atoms with van der Waals surface area (Å²) in [4.78, 5) is 0. The molecule has 0 aliphatic carbocycles. The Labute approximate surface area is 82.9 Å². The monoisotopic (exact) mass is 181 g/mol. The molecule has 0 aromatic heterocycles. The van der Waals surface area contributed by atoms with Gasteiger partial charge in [-0.1, -0.05) is 38.5 Å². The highest BCUT2D eigenvalue weighted by atomic mass is 14.8. The van der Waals surface area contributed by atoms with Crippen LogP contribution in [0.4, 0.5) is 0 Å². The van der Waals surface area contributed by atoms with Crippen molar-refractivity contribution < 1.29 is 0 Å². The zero-order chi connectivity index (χ0) is 10.3. The molecule has 1 N–H and O–H groups in total. The number of allylic oxidation sites excluding steroid dienone is 1. The summed E-state index contributed by atoms with van der Waals surface area (Å²) in [6.45, 7) is 11.5. The van der Waals surface area contributed by atoms with Gasteiger partial charge in [-0.3, -0.25) is 0 Å². The second-order valence-electron chi connectivity index (χ2n) is 3.63. The lowest BCUT2D eigenvalue weighted by Gasteiger charge is -2.15. The van der Waals surface area contributed by atoms with E-state index in [2.05, 4.69) is 32.7 Å². The molecule has 0 fully saturated rings. The number of hydrogen-bond acceptors (Lipinski definition) is 1. The molecule has 0 aromatic rings. The van der Waals surface area contributed by atoms with Gasteiger partial charge in [-0.25, -0.2) is 0 Å². The third-order valence-electron chi connectivity index (χ3n) is 2.58. The van der Waals surface area contributed by atoms with Crippen molar-refractivity contribution in [3.8, 4) is 0 Å². The first kappa shape index (κ1) is 12.4. The highest BCUT2D eigenvalue weighted by Gasteiger charge is 2.06. The highest BCUT2D eigenvalue weighted by molar-refractivity contribution is 5.25. The zero-order valence-corrected chi connectivity index (χ0v) is 9.48. The van der Waals surface area contributed by atoms with Crippen molar-refractivity contribution in [2.75, 3.05) is 13.6 Å². The maximum atomic E-state index is 3.85. The van der Waals surface area contributed by atoms with Crippen LogP contribution in [-0.4, -0.2) is 13.6 Å². The van der Waals surface area contributed by atoms with E-state index in [0.29, 0.717) is 5.92 Å². The molecule has 0 spiro atoms. The van der Waals surface area contributed by atoms with Crippen molar-refractivity contribution in [1.29, 1.82) is 0 Å². The van der Waals surface area contributed by atoms with Crippen LogP contribution in [-0.2, 0) is 0 Å². The third kappa shape index (κ3) is 4.28. The van der Waals surface area contributed by atoms with E-state index in [9.17, 15) is 0 Å². The summed E-state index contributed by atoms with van der Waals surface area (Å²) in [5.41, 5.74) is 2.83. The summed E-state index contributed by atoms with van der Waals surface area (Å²) < 4.78 is 0. The standard InChI is InChI=1S/C12H23N/c1-6-8-10(3)11(4)12(7-2)9-13-5/h7,10,13H,2,6,8-9H2,1,3-5H3/b12-11+/t10-/m1/s1. The van der Waals surface area contributed by atoms with Crippen LogP contribution in [0.2, 0.25) is 0 Å². The minimum Gasteiger partial charge on any atom is -0.316 e. The quantitative estimate of drug-likeness (QED) is 0.621. The number of rotatable bonds is 6. The first-order valence-electron chi connectivity index (χ1n) is 5.14. The summed E-state index contributed by atoms with van der Waals surface area (Å²) >= 11 is 0. The number of hydrogen-bond donors (Lipinski definition) is 1. The number of nitrogens with one attached hydrogen (secondary N) is 1. The predicted molar refractivity (Wildman–Crippen MR) is 60.9 cm³/mol. The molecule has 0 rings (SSSR count). The van der Waals surface area contributed by atoms with Crippen molar-refractivity contribution in [1.82, 2.24) is 5.32 Å². The maximum Gasteiger partial charge on any atom is 0.0201 e. The topological polar surface area (TPSA) is 12.0 Å². The number of likely N-dealkylation sites (N-methyl/N-ethyl adjacent to an activating group) is 1. The van der Waals surface area contributed by atoms with Crippen LogP contribution >= 0.6 is 0 Å². The van der Waals surface area contributed by atoms with Gasteiger partial charge in [0.2, 0.25) is 0 Å². The molecule has 1 heteroatoms. The molecule has 76 valence electrons. The molecule has 0 aliphatic rings. The second kappa shape index (κ2) is 6.90. The van der Waals surface area contributed by atoms with Gasteiger partial charge in [0.25, 0.3) is 0 Å². The zero-order valence-electron chi connectivity index (χ0n) is 9.48. The molecule has 1 nitrogen and oxygen atoms in total. The van der Waals surface area contributed by atoms with E-state index in [4.69, 9.17) is 0 Å². The molecule has 0 bridgehead atoms. The fraction of sp³-hybridized carbons (Fsp3) is 0.667. The van der Waals surface area contributed by atoms with Crippen LogP contribution < -0.4 is 5.32 Å². The highest BCUT2D eigenvalue weighted by Crippen LogP contribution is 2.19. The van der Waals surface area contributed by atoms with Gasteiger partial charge < -0.3 is 5.32 Å². The molecule has 0 unspecified atom stereocenters. The molecule has 0 amide bonds. The Balaban J connectivity index is 4.42. The molecule has 0 saturated carbocycles. The summed E-state index contributed by atoms with van der Waals surface area (Å²) in [5, 5.41) is 3.17. The lowest BCUT2D eigenvalue weighted by molar-refractivity contribution is 0.595. The summed E-state index contributed by atoms with van der Waals surface area (Å²) in [6, 6.07) is 0. The van der Waals surface area contributed by atoms with E-state index in [0.717, 1.165) is 6.54 Å². The van der Waals surface area contributed by atoms with E-state index in [-0.39, 0.29) is 0 Å². The van der Waals surface area contributed by atoms with Crippen molar-refractivity contribution in [3.63, 3.8) is 0 Å². The molecule has 13 heavy (non-hydrogen) atoms. The van der Waals surface area contributed by atoms with E-state index in [1.54, 1.807) is 0 Å². The normalized spacial score (nSPS) is 15.1. The van der Waals surface area contributed by atoms with Crippen LogP contribution in [0.3, 0.4) is 0 Å². The first-order valence-corrected chi connectivity index (χ1v) is 5.14. The van der Waals surface area contributed by atoms with Crippen molar-refractivity contribution >= 4 is 0 Å². The Morgan fingerprint density at radius 1 is 1.54 bits per heavy atom. The fourth-order valence-corrected chi connectivity index (χ4v) is 1.53. The van der Waals surface area contributed by atoms with Crippen LogP contribution in [0.1, 0.15) is 33.6 Å². The van der Waals surface area contributed by atoms with Gasteiger partial charge in [0, 0.05) is 6.54 Å². The summed E-state index contributed by atoms with van der Waals surface area (Å²) in [6.07, 6.45) is 4.49. The fourth-order valence-electron chi connectivity index (χ4n) is 1.53. The molecule has 0 aromatic carbocycles. The SMILES string of the molecule is C=C/C(CNC)=C(/C)[C@H](C)CCC. The Kier molecular flexibility index (Phi) is 6.61. The Hall–Kier alpha value is -0.560. The van der Waals surface area contributed by atoms with E-state index in [1.165, 1.54) is 24.0 Å². The molecular formula is C12H23N. The van der Waals surface area contributed by atoms with Crippen molar-refractivity contribution in [2.45, 2.75) is 33.6 Å². The van der Waals surface area contributed by atoms with Crippen molar-refractivity contribution in [3.05, 3.63) is 23.8 Å². The van der Waals surface area contributed by atoms with Crippen LogP contribution in [0.15, 0.2) is 23.8 Å². The predicted octanol–water partition coefficient (Wildman–Crippen LogP) is 3.14. The largest absolute Gasteiger partial charge is 0.316 e. The van der Waals surface area contributed by atoms with Crippen LogP contribution in [0.5, 0.6) is 0 Å². The molecule has 1 atom stereocenters. The minimum absolute atomic E-state index is 0.686. The average molecular weight is 181 g/mol. The molecule has 0 aliphatic heterocycles. The van der Waals surface area contributed by atoms with Gasteiger partial charge >= 0.3 is 0 Å². The van der Waals surface area contributed by atoms with Gasteiger partial charge in [0.15, 0.2) is 0 Å². The minimum atomic E-state index is 0.686. The van der Waals surface area contributed by atoms with Gasteiger partial charge in [0.05, 0.1) is 0 Å². The van der Waals surface area contributed by atoms with Crippen LogP contribution in [0.25, 0.3) is 0 Å². The van der Waals surface area contributed by atoms with Gasteiger partial charge in [-0.05, 0) is 31.9 Å². The van der Waals surface area contributed by atoms with Crippen LogP contribution in [0, 0.1) is 5.92 Å². The Bertz CT molecular complexity index is 180. The van der Waals surface area contributed by atoms with Crippen molar-refractivity contribution in [2.24, 2.45) is 5.92 Å². The van der Waals surface area contributed by atoms with E-state index in [1.807, 2.05) is 13.1 Å². The van der Waals surface area contributed by atoms with Gasteiger partial charge in [0.1, 0.15) is 0 Å². The molecule has 0 radical (unpaired) electrons. The van der Waals surface area contributed by atoms with E-state index < -0.39 is 0 Å². The molecule has 0 heterocycles. The summed E-state index contributed by atoms with van der Waals surface area (Å²) in [5.74, 6) is 0.686. The van der Waals surface area contributed by atoms with E-state index >= 15 is 0 Å². The maximum absolute atomic E-state index is 3.85. The lowest BCUT2D eigenvalue weighted by Crippen LogP contribution is -2.12. The third-order valence-corrected chi connectivity index (χ3v) is 2.58. The second-order valence-corrected chi connectivity index (χ2v) is 3.63.